The number of primary amides is 1. The fourth-order valence-electron chi connectivity index (χ4n) is 2.76. The third-order valence-electron chi connectivity index (χ3n) is 4.16. The monoisotopic (exact) mass is 331 g/mol. The molecule has 126 valence electrons. The highest BCUT2D eigenvalue weighted by atomic mass is 16.5. The van der Waals surface area contributed by atoms with Crippen molar-refractivity contribution in [2.45, 2.75) is 12.8 Å². The van der Waals surface area contributed by atoms with Crippen molar-refractivity contribution in [2.24, 2.45) is 11.7 Å². The van der Waals surface area contributed by atoms with Crippen LogP contribution in [0.4, 0.5) is 0 Å². The standard InChI is InChI=1S/C16H17N3O5/c17-15(21)10-4-6-19(7-5-10)13(20)8-23-16(22)11-2-1-3-12-14(11)18-9-24-12/h1-3,9-10H,4-8H2,(H2,17,21). The van der Waals surface area contributed by atoms with Crippen molar-refractivity contribution in [3.63, 3.8) is 0 Å². The maximum absolute atomic E-state index is 12.1. The number of fused-ring (bicyclic) bond motifs is 1. The van der Waals surface area contributed by atoms with Crippen molar-refractivity contribution in [2.75, 3.05) is 19.7 Å². The Kier molecular flexibility index (Phi) is 4.45. The lowest BCUT2D eigenvalue weighted by atomic mass is 9.96. The van der Waals surface area contributed by atoms with E-state index in [1.165, 1.54) is 6.39 Å². The van der Waals surface area contributed by atoms with E-state index < -0.39 is 5.97 Å². The topological polar surface area (TPSA) is 116 Å². The quantitative estimate of drug-likeness (QED) is 0.825. The molecular formula is C16H17N3O5. The second kappa shape index (κ2) is 6.69. The van der Waals surface area contributed by atoms with Gasteiger partial charge in [0.25, 0.3) is 5.91 Å². The number of ether oxygens (including phenoxy) is 1. The largest absolute Gasteiger partial charge is 0.452 e. The minimum absolute atomic E-state index is 0.193. The number of aromatic nitrogens is 1. The zero-order valence-electron chi connectivity index (χ0n) is 12.9. The van der Waals surface area contributed by atoms with Gasteiger partial charge in [0.2, 0.25) is 5.91 Å². The van der Waals surface area contributed by atoms with E-state index >= 15 is 0 Å². The number of amides is 2. The van der Waals surface area contributed by atoms with E-state index in [9.17, 15) is 14.4 Å². The Balaban J connectivity index is 1.56. The second-order valence-electron chi connectivity index (χ2n) is 5.64. The van der Waals surface area contributed by atoms with Crippen LogP contribution in [0.15, 0.2) is 29.0 Å². The van der Waals surface area contributed by atoms with E-state index in [-0.39, 0.29) is 29.9 Å². The molecule has 1 saturated heterocycles. The van der Waals surface area contributed by atoms with Gasteiger partial charge in [-0.2, -0.15) is 0 Å². The number of rotatable bonds is 4. The summed E-state index contributed by atoms with van der Waals surface area (Å²) in [5.74, 6) is -1.45. The molecule has 24 heavy (non-hydrogen) atoms. The van der Waals surface area contributed by atoms with Crippen LogP contribution in [0.2, 0.25) is 0 Å². The van der Waals surface area contributed by atoms with Gasteiger partial charge in [0.1, 0.15) is 5.52 Å². The van der Waals surface area contributed by atoms with Gasteiger partial charge < -0.3 is 19.8 Å². The third kappa shape index (κ3) is 3.22. The van der Waals surface area contributed by atoms with E-state index in [1.54, 1.807) is 23.1 Å². The SMILES string of the molecule is NC(=O)C1CCN(C(=O)COC(=O)c2cccc3ocnc23)CC1. The summed E-state index contributed by atoms with van der Waals surface area (Å²) in [6.07, 6.45) is 2.32. The van der Waals surface area contributed by atoms with Crippen LogP contribution in [0.5, 0.6) is 0 Å². The number of esters is 1. The Morgan fingerprint density at radius 1 is 1.29 bits per heavy atom. The number of nitrogens with two attached hydrogens (primary N) is 1. The average molecular weight is 331 g/mol. The Morgan fingerprint density at radius 3 is 2.75 bits per heavy atom. The molecule has 1 aliphatic heterocycles. The van der Waals surface area contributed by atoms with Gasteiger partial charge in [-0.1, -0.05) is 6.07 Å². The number of hydrogen-bond acceptors (Lipinski definition) is 6. The summed E-state index contributed by atoms with van der Waals surface area (Å²) in [7, 11) is 0. The molecule has 1 fully saturated rings. The molecule has 2 heterocycles. The predicted octanol–water partition coefficient (Wildman–Crippen LogP) is 0.709. The molecule has 0 spiro atoms. The first-order valence-corrected chi connectivity index (χ1v) is 7.62. The lowest BCUT2D eigenvalue weighted by molar-refractivity contribution is -0.137. The second-order valence-corrected chi connectivity index (χ2v) is 5.64. The fourth-order valence-corrected chi connectivity index (χ4v) is 2.76. The third-order valence-corrected chi connectivity index (χ3v) is 4.16. The number of carbonyl (C=O) groups is 3. The summed E-state index contributed by atoms with van der Waals surface area (Å²) in [4.78, 5) is 40.9. The molecule has 0 saturated carbocycles. The molecule has 0 atom stereocenters. The normalized spacial score (nSPS) is 15.4. The molecule has 0 radical (unpaired) electrons. The van der Waals surface area contributed by atoms with Crippen LogP contribution in [0.3, 0.4) is 0 Å². The van der Waals surface area contributed by atoms with Crippen molar-refractivity contribution in [1.82, 2.24) is 9.88 Å². The van der Waals surface area contributed by atoms with E-state index in [4.69, 9.17) is 14.9 Å². The molecule has 0 aliphatic carbocycles. The first kappa shape index (κ1) is 16.0. The molecule has 1 aromatic heterocycles. The van der Waals surface area contributed by atoms with Crippen molar-refractivity contribution < 1.29 is 23.5 Å². The smallest absolute Gasteiger partial charge is 0.340 e. The van der Waals surface area contributed by atoms with Crippen LogP contribution in [0.25, 0.3) is 11.1 Å². The fraction of sp³-hybridized carbons (Fsp3) is 0.375. The van der Waals surface area contributed by atoms with Crippen LogP contribution >= 0.6 is 0 Å². The molecular weight excluding hydrogens is 314 g/mol. The molecule has 0 unspecified atom stereocenters. The van der Waals surface area contributed by atoms with Gasteiger partial charge in [-0.3, -0.25) is 9.59 Å². The van der Waals surface area contributed by atoms with Gasteiger partial charge in [0.05, 0.1) is 5.56 Å². The van der Waals surface area contributed by atoms with Crippen LogP contribution in [0.1, 0.15) is 23.2 Å². The molecule has 1 aromatic carbocycles. The van der Waals surface area contributed by atoms with E-state index in [1.807, 2.05) is 0 Å². The highest BCUT2D eigenvalue weighted by Gasteiger charge is 2.26. The lowest BCUT2D eigenvalue weighted by Crippen LogP contribution is -2.43. The molecule has 0 bridgehead atoms. The Hall–Kier alpha value is -2.90. The number of likely N-dealkylation sites (tertiary alicyclic amines) is 1. The first-order chi connectivity index (χ1) is 11.6. The van der Waals surface area contributed by atoms with Gasteiger partial charge >= 0.3 is 5.97 Å². The number of carbonyl (C=O) groups excluding carboxylic acids is 3. The zero-order chi connectivity index (χ0) is 17.1. The van der Waals surface area contributed by atoms with Crippen LogP contribution in [-0.4, -0.2) is 47.4 Å². The zero-order valence-corrected chi connectivity index (χ0v) is 12.9. The van der Waals surface area contributed by atoms with Crippen LogP contribution in [-0.2, 0) is 14.3 Å². The highest BCUT2D eigenvalue weighted by Crippen LogP contribution is 2.19. The summed E-state index contributed by atoms with van der Waals surface area (Å²) in [6, 6.07) is 4.91. The number of hydrogen-bond donors (Lipinski definition) is 1. The molecule has 1 aliphatic rings. The Morgan fingerprint density at radius 2 is 2.04 bits per heavy atom. The predicted molar refractivity (Wildman–Crippen MR) is 82.8 cm³/mol. The summed E-state index contributed by atoms with van der Waals surface area (Å²) >= 11 is 0. The van der Waals surface area contributed by atoms with Gasteiger partial charge in [-0.05, 0) is 25.0 Å². The van der Waals surface area contributed by atoms with Gasteiger partial charge in [-0.25, -0.2) is 9.78 Å². The number of para-hydroxylation sites is 1. The number of oxazole rings is 1. The lowest BCUT2D eigenvalue weighted by Gasteiger charge is -2.30. The minimum atomic E-state index is -0.630. The molecule has 3 rings (SSSR count). The number of piperidine rings is 1. The van der Waals surface area contributed by atoms with Gasteiger partial charge in [-0.15, -0.1) is 0 Å². The highest BCUT2D eigenvalue weighted by molar-refractivity contribution is 6.01. The number of nitrogens with zero attached hydrogens (tertiary/aromatic N) is 2. The summed E-state index contributed by atoms with van der Waals surface area (Å²) in [5.41, 5.74) is 6.39. The summed E-state index contributed by atoms with van der Waals surface area (Å²) < 4.78 is 10.2. The molecule has 8 nitrogen and oxygen atoms in total. The molecule has 8 heteroatoms. The maximum atomic E-state index is 12.1. The average Bonchev–Trinajstić information content (AvgIpc) is 3.08. The maximum Gasteiger partial charge on any atom is 0.340 e. The number of benzene rings is 1. The van der Waals surface area contributed by atoms with Crippen molar-refractivity contribution in [3.05, 3.63) is 30.2 Å². The Labute approximate surface area is 137 Å². The minimum Gasteiger partial charge on any atom is -0.452 e. The summed E-state index contributed by atoms with van der Waals surface area (Å²) in [5, 5.41) is 0. The Bertz CT molecular complexity index is 777. The first-order valence-electron chi connectivity index (χ1n) is 7.62. The van der Waals surface area contributed by atoms with E-state index in [0.717, 1.165) is 0 Å². The molecule has 2 aromatic rings. The summed E-state index contributed by atoms with van der Waals surface area (Å²) in [6.45, 7) is 0.514. The van der Waals surface area contributed by atoms with Crippen LogP contribution < -0.4 is 5.73 Å². The van der Waals surface area contributed by atoms with Crippen molar-refractivity contribution in [3.8, 4) is 0 Å². The molecule has 2 N–H and O–H groups in total. The van der Waals surface area contributed by atoms with Crippen LogP contribution in [0, 0.1) is 5.92 Å². The van der Waals surface area contributed by atoms with Crippen molar-refractivity contribution >= 4 is 28.9 Å². The van der Waals surface area contributed by atoms with Gasteiger partial charge in [0.15, 0.2) is 18.6 Å². The molecule has 2 amide bonds. The van der Waals surface area contributed by atoms with E-state index in [2.05, 4.69) is 4.98 Å². The van der Waals surface area contributed by atoms with Gasteiger partial charge in [0, 0.05) is 19.0 Å². The van der Waals surface area contributed by atoms with Crippen molar-refractivity contribution in [1.29, 1.82) is 0 Å². The van der Waals surface area contributed by atoms with E-state index in [0.29, 0.717) is 37.0 Å².